The zero-order valence-corrected chi connectivity index (χ0v) is 15.4. The van der Waals surface area contributed by atoms with Gasteiger partial charge in [0, 0.05) is 23.7 Å². The van der Waals surface area contributed by atoms with Gasteiger partial charge in [0.25, 0.3) is 0 Å². The van der Waals surface area contributed by atoms with E-state index in [9.17, 15) is 9.90 Å². The highest BCUT2D eigenvalue weighted by atomic mass is 16.4. The van der Waals surface area contributed by atoms with Crippen molar-refractivity contribution in [2.24, 2.45) is 5.92 Å². The number of carbonyl (C=O) groups is 1. The fourth-order valence-corrected chi connectivity index (χ4v) is 4.23. The minimum absolute atomic E-state index is 0.0825. The number of carboxylic acid groups (broad SMARTS) is 1. The maximum Gasteiger partial charge on any atom is 0.335 e. The van der Waals surface area contributed by atoms with Crippen molar-refractivity contribution in [1.29, 1.82) is 0 Å². The van der Waals surface area contributed by atoms with Crippen LogP contribution in [0.4, 0.5) is 0 Å². The van der Waals surface area contributed by atoms with Crippen LogP contribution in [0.2, 0.25) is 0 Å². The first kappa shape index (κ1) is 17.3. The lowest BCUT2D eigenvalue weighted by Crippen LogP contribution is -2.25. The minimum atomic E-state index is -0.890. The molecule has 1 radical (unpaired) electrons. The SMILES string of the molecule is C[C](C)C(C1=CC=CC=CN1)C1c2ccccc2-c2ccc(C(=O)O)cc21. The van der Waals surface area contributed by atoms with Crippen molar-refractivity contribution in [3.63, 3.8) is 0 Å². The summed E-state index contributed by atoms with van der Waals surface area (Å²) < 4.78 is 0. The van der Waals surface area contributed by atoms with Crippen molar-refractivity contribution in [1.82, 2.24) is 5.32 Å². The second kappa shape index (κ2) is 6.92. The van der Waals surface area contributed by atoms with E-state index in [-0.39, 0.29) is 11.8 Å². The quantitative estimate of drug-likeness (QED) is 0.783. The van der Waals surface area contributed by atoms with Crippen LogP contribution in [0.5, 0.6) is 0 Å². The number of aromatic carboxylic acids is 1. The highest BCUT2D eigenvalue weighted by molar-refractivity contribution is 5.90. The molecule has 135 valence electrons. The first-order valence-electron chi connectivity index (χ1n) is 9.14. The van der Waals surface area contributed by atoms with E-state index in [2.05, 4.69) is 43.4 Å². The molecule has 2 N–H and O–H groups in total. The molecule has 4 rings (SSSR count). The number of fused-ring (bicyclic) bond motifs is 3. The van der Waals surface area contributed by atoms with Gasteiger partial charge in [-0.25, -0.2) is 4.79 Å². The van der Waals surface area contributed by atoms with E-state index in [1.165, 1.54) is 17.0 Å². The first-order valence-corrected chi connectivity index (χ1v) is 9.14. The number of benzene rings is 2. The van der Waals surface area contributed by atoms with Crippen molar-refractivity contribution in [2.45, 2.75) is 19.8 Å². The maximum absolute atomic E-state index is 11.6. The molecule has 1 heterocycles. The van der Waals surface area contributed by atoms with E-state index in [1.807, 2.05) is 42.6 Å². The van der Waals surface area contributed by atoms with E-state index in [0.717, 1.165) is 16.8 Å². The van der Waals surface area contributed by atoms with Crippen LogP contribution in [0.25, 0.3) is 11.1 Å². The lowest BCUT2D eigenvalue weighted by atomic mass is 9.75. The Balaban J connectivity index is 1.91. The smallest absolute Gasteiger partial charge is 0.335 e. The number of allylic oxidation sites excluding steroid dienone is 5. The van der Waals surface area contributed by atoms with Gasteiger partial charge in [-0.1, -0.05) is 56.3 Å². The van der Waals surface area contributed by atoms with Crippen LogP contribution in [-0.4, -0.2) is 11.1 Å². The standard InChI is InChI=1S/C24H22NO2/c1-15(2)22(21-10-4-3-7-13-25-21)23-19-9-6-5-8-17(19)18-12-11-16(24(26)27)14-20(18)23/h3-14,22-23,25H,1-2H3,(H,26,27). The number of rotatable bonds is 4. The van der Waals surface area contributed by atoms with Crippen LogP contribution in [0, 0.1) is 11.8 Å². The van der Waals surface area contributed by atoms with Crippen molar-refractivity contribution >= 4 is 5.97 Å². The minimum Gasteiger partial charge on any atom is -0.478 e. The van der Waals surface area contributed by atoms with Gasteiger partial charge >= 0.3 is 5.97 Å². The molecule has 1 aliphatic carbocycles. The van der Waals surface area contributed by atoms with Crippen molar-refractivity contribution in [3.05, 3.63) is 101 Å². The summed E-state index contributed by atoms with van der Waals surface area (Å²) in [4.78, 5) is 11.6. The Hall–Kier alpha value is -3.07. The second-order valence-corrected chi connectivity index (χ2v) is 7.24. The van der Waals surface area contributed by atoms with Crippen LogP contribution in [-0.2, 0) is 0 Å². The zero-order chi connectivity index (χ0) is 19.0. The largest absolute Gasteiger partial charge is 0.478 e. The third-order valence-electron chi connectivity index (χ3n) is 5.35. The molecule has 2 aromatic carbocycles. The van der Waals surface area contributed by atoms with Gasteiger partial charge in [-0.05, 0) is 52.5 Å². The average Bonchev–Trinajstić information content (AvgIpc) is 2.81. The van der Waals surface area contributed by atoms with Crippen LogP contribution in [0.15, 0.2) is 78.7 Å². The summed E-state index contributed by atoms with van der Waals surface area (Å²) >= 11 is 0. The van der Waals surface area contributed by atoms with E-state index >= 15 is 0 Å². The molecule has 0 spiro atoms. The molecule has 1 aliphatic heterocycles. The zero-order valence-electron chi connectivity index (χ0n) is 15.4. The van der Waals surface area contributed by atoms with Gasteiger partial charge in [0.15, 0.2) is 0 Å². The van der Waals surface area contributed by atoms with E-state index in [4.69, 9.17) is 0 Å². The Labute approximate surface area is 159 Å². The highest BCUT2D eigenvalue weighted by Gasteiger charge is 2.38. The summed E-state index contributed by atoms with van der Waals surface area (Å²) in [7, 11) is 0. The Morgan fingerprint density at radius 2 is 1.78 bits per heavy atom. The third-order valence-corrected chi connectivity index (χ3v) is 5.35. The van der Waals surface area contributed by atoms with Crippen LogP contribution < -0.4 is 5.32 Å². The summed E-state index contributed by atoms with van der Waals surface area (Å²) in [5.41, 5.74) is 6.12. The Bertz CT molecular complexity index is 982. The summed E-state index contributed by atoms with van der Waals surface area (Å²) in [5.74, 6) is 0.604. The number of hydrogen-bond acceptors (Lipinski definition) is 2. The summed E-state index contributed by atoms with van der Waals surface area (Å²) in [6.07, 6.45) is 10.1. The van der Waals surface area contributed by atoms with Gasteiger partial charge in [-0.3, -0.25) is 0 Å². The number of hydrogen-bond donors (Lipinski definition) is 2. The summed E-state index contributed by atoms with van der Waals surface area (Å²) in [5, 5.41) is 12.9. The second-order valence-electron chi connectivity index (χ2n) is 7.24. The van der Waals surface area contributed by atoms with Crippen molar-refractivity contribution in [3.8, 4) is 11.1 Å². The average molecular weight is 356 g/mol. The molecule has 2 atom stereocenters. The van der Waals surface area contributed by atoms with E-state index in [1.54, 1.807) is 6.07 Å². The van der Waals surface area contributed by atoms with Gasteiger partial charge in [-0.2, -0.15) is 0 Å². The van der Waals surface area contributed by atoms with Crippen molar-refractivity contribution in [2.75, 3.05) is 0 Å². The monoisotopic (exact) mass is 356 g/mol. The molecule has 0 fully saturated rings. The van der Waals surface area contributed by atoms with Crippen LogP contribution in [0.3, 0.4) is 0 Å². The van der Waals surface area contributed by atoms with Crippen LogP contribution in [0.1, 0.15) is 41.3 Å². The van der Waals surface area contributed by atoms with Gasteiger partial charge in [0.2, 0.25) is 0 Å². The van der Waals surface area contributed by atoms with Gasteiger partial charge < -0.3 is 10.4 Å². The molecular weight excluding hydrogens is 334 g/mol. The molecule has 0 amide bonds. The Morgan fingerprint density at radius 3 is 2.56 bits per heavy atom. The predicted molar refractivity (Wildman–Crippen MR) is 108 cm³/mol. The molecule has 2 aliphatic rings. The molecular formula is C24H22NO2. The van der Waals surface area contributed by atoms with Gasteiger partial charge in [-0.15, -0.1) is 0 Å². The fraction of sp³-hybridized carbons (Fsp3) is 0.167. The van der Waals surface area contributed by atoms with Crippen LogP contribution >= 0.6 is 0 Å². The normalized spacial score (nSPS) is 18.3. The lowest BCUT2D eigenvalue weighted by molar-refractivity contribution is 0.0697. The predicted octanol–water partition coefficient (Wildman–Crippen LogP) is 5.28. The number of nitrogens with one attached hydrogen (secondary N) is 1. The molecule has 0 saturated heterocycles. The molecule has 2 unspecified atom stereocenters. The van der Waals surface area contributed by atoms with E-state index < -0.39 is 5.97 Å². The topological polar surface area (TPSA) is 49.3 Å². The lowest BCUT2D eigenvalue weighted by Gasteiger charge is -2.31. The van der Waals surface area contributed by atoms with Crippen molar-refractivity contribution < 1.29 is 9.90 Å². The maximum atomic E-state index is 11.6. The molecule has 0 bridgehead atoms. The van der Waals surface area contributed by atoms with Gasteiger partial charge in [0.1, 0.15) is 0 Å². The summed E-state index contributed by atoms with van der Waals surface area (Å²) in [6, 6.07) is 13.9. The summed E-state index contributed by atoms with van der Waals surface area (Å²) in [6.45, 7) is 4.29. The number of carboxylic acids is 1. The fourth-order valence-electron chi connectivity index (χ4n) is 4.23. The first-order chi connectivity index (χ1) is 13.1. The molecule has 0 aromatic heterocycles. The Kier molecular flexibility index (Phi) is 4.44. The third kappa shape index (κ3) is 2.99. The Morgan fingerprint density at radius 1 is 1.00 bits per heavy atom. The highest BCUT2D eigenvalue weighted by Crippen LogP contribution is 2.52. The van der Waals surface area contributed by atoms with Gasteiger partial charge in [0.05, 0.1) is 5.56 Å². The molecule has 3 heteroatoms. The molecule has 27 heavy (non-hydrogen) atoms. The van der Waals surface area contributed by atoms with E-state index in [0.29, 0.717) is 5.56 Å². The molecule has 0 saturated carbocycles. The molecule has 2 aromatic rings. The molecule has 3 nitrogen and oxygen atoms in total.